The van der Waals surface area contributed by atoms with Crippen LogP contribution in [0, 0.1) is 0 Å². The molecule has 0 unspecified atom stereocenters. The lowest BCUT2D eigenvalue weighted by Crippen LogP contribution is -2.15. The van der Waals surface area contributed by atoms with E-state index in [0.29, 0.717) is 17.4 Å². The van der Waals surface area contributed by atoms with Gasteiger partial charge < -0.3 is 11.1 Å². The first-order chi connectivity index (χ1) is 9.22. The molecule has 4 nitrogen and oxygen atoms in total. The van der Waals surface area contributed by atoms with Gasteiger partial charge in [0, 0.05) is 12.4 Å². The Kier molecular flexibility index (Phi) is 4.41. The second-order valence-corrected chi connectivity index (χ2v) is 4.52. The van der Waals surface area contributed by atoms with Crippen molar-refractivity contribution in [3.63, 3.8) is 0 Å². The lowest BCUT2D eigenvalue weighted by atomic mass is 10.1. The average Bonchev–Trinajstić information content (AvgIpc) is 2.45. The van der Waals surface area contributed by atoms with Crippen molar-refractivity contribution in [2.75, 3.05) is 5.32 Å². The van der Waals surface area contributed by atoms with Gasteiger partial charge in [-0.25, -0.2) is 4.98 Å². The van der Waals surface area contributed by atoms with Gasteiger partial charge in [0.15, 0.2) is 0 Å². The van der Waals surface area contributed by atoms with Crippen molar-refractivity contribution in [3.8, 4) is 0 Å². The molecule has 0 saturated carbocycles. The van der Waals surface area contributed by atoms with Crippen LogP contribution in [0.2, 0.25) is 0 Å². The molecule has 0 fully saturated rings. The zero-order valence-corrected chi connectivity index (χ0v) is 11.6. The van der Waals surface area contributed by atoms with Gasteiger partial charge in [0.05, 0.1) is 17.8 Å². The second kappa shape index (κ2) is 6.24. The Labute approximate surface area is 118 Å². The molecular weight excluding hydrogens is 256 g/mol. The van der Waals surface area contributed by atoms with Crippen molar-refractivity contribution in [2.45, 2.75) is 19.9 Å². The molecule has 0 saturated heterocycles. The minimum absolute atomic E-state index is 0.340. The predicted molar refractivity (Wildman–Crippen MR) is 81.1 cm³/mol. The Morgan fingerprint density at radius 1 is 1.26 bits per heavy atom. The number of rotatable bonds is 5. The van der Waals surface area contributed by atoms with Gasteiger partial charge in [0.1, 0.15) is 10.8 Å². The topological polar surface area (TPSA) is 63.8 Å². The number of nitrogens with two attached hydrogens (primary N) is 1. The second-order valence-electron chi connectivity index (χ2n) is 4.08. The summed E-state index contributed by atoms with van der Waals surface area (Å²) in [7, 11) is 0. The molecular formula is C14H16N4S. The summed E-state index contributed by atoms with van der Waals surface area (Å²) in [6, 6.07) is 7.70. The third-order valence-electron chi connectivity index (χ3n) is 2.86. The zero-order valence-electron chi connectivity index (χ0n) is 10.8. The molecule has 0 spiro atoms. The van der Waals surface area contributed by atoms with E-state index in [2.05, 4.69) is 28.3 Å². The van der Waals surface area contributed by atoms with E-state index in [1.54, 1.807) is 12.4 Å². The van der Waals surface area contributed by atoms with Crippen LogP contribution in [0.3, 0.4) is 0 Å². The van der Waals surface area contributed by atoms with Gasteiger partial charge in [-0.15, -0.1) is 0 Å². The molecule has 19 heavy (non-hydrogen) atoms. The number of pyridine rings is 2. The molecule has 0 aliphatic heterocycles. The van der Waals surface area contributed by atoms with E-state index >= 15 is 0 Å². The van der Waals surface area contributed by atoms with E-state index in [9.17, 15) is 0 Å². The maximum absolute atomic E-state index is 5.68. The molecule has 0 atom stereocenters. The first-order valence-corrected chi connectivity index (χ1v) is 6.54. The third kappa shape index (κ3) is 3.26. The molecule has 2 aromatic rings. The quantitative estimate of drug-likeness (QED) is 0.818. The third-order valence-corrected chi connectivity index (χ3v) is 3.08. The number of aromatic nitrogens is 2. The molecule has 2 rings (SSSR count). The highest BCUT2D eigenvalue weighted by Crippen LogP contribution is 2.13. The van der Waals surface area contributed by atoms with Gasteiger partial charge in [-0.2, -0.15) is 0 Å². The standard InChI is InChI=1S/C14H16N4S/c1-2-10-5-3-7-16-12(10)9-18-14-11(13(15)19)6-4-8-17-14/h3-8H,2,9H2,1H3,(H2,15,19)(H,17,18). The molecule has 2 heterocycles. The van der Waals surface area contributed by atoms with Gasteiger partial charge in [0.25, 0.3) is 0 Å². The summed E-state index contributed by atoms with van der Waals surface area (Å²) in [5, 5.41) is 3.24. The van der Waals surface area contributed by atoms with E-state index in [1.807, 2.05) is 18.2 Å². The van der Waals surface area contributed by atoms with Crippen LogP contribution in [0.4, 0.5) is 5.82 Å². The van der Waals surface area contributed by atoms with Crippen molar-refractivity contribution < 1.29 is 0 Å². The van der Waals surface area contributed by atoms with Crippen molar-refractivity contribution in [1.29, 1.82) is 0 Å². The molecule has 0 amide bonds. The molecule has 0 aromatic carbocycles. The van der Waals surface area contributed by atoms with Crippen LogP contribution in [0.15, 0.2) is 36.7 Å². The van der Waals surface area contributed by atoms with Crippen LogP contribution in [0.25, 0.3) is 0 Å². The van der Waals surface area contributed by atoms with E-state index in [1.165, 1.54) is 5.56 Å². The number of thiocarbonyl (C=S) groups is 1. The highest BCUT2D eigenvalue weighted by Gasteiger charge is 2.07. The van der Waals surface area contributed by atoms with Crippen molar-refractivity contribution in [2.24, 2.45) is 5.73 Å². The first kappa shape index (κ1) is 13.4. The van der Waals surface area contributed by atoms with Crippen LogP contribution in [0.1, 0.15) is 23.7 Å². The average molecular weight is 272 g/mol. The maximum atomic E-state index is 5.68. The fraction of sp³-hybridized carbons (Fsp3) is 0.214. The summed E-state index contributed by atoms with van der Waals surface area (Å²) in [6.45, 7) is 2.72. The van der Waals surface area contributed by atoms with Crippen LogP contribution in [0.5, 0.6) is 0 Å². The summed E-state index contributed by atoms with van der Waals surface area (Å²) in [5.41, 5.74) is 8.67. The molecule has 0 aliphatic rings. The Morgan fingerprint density at radius 3 is 2.74 bits per heavy atom. The summed E-state index contributed by atoms with van der Waals surface area (Å²) in [6.07, 6.45) is 4.46. The normalized spacial score (nSPS) is 10.2. The van der Waals surface area contributed by atoms with Crippen LogP contribution in [-0.2, 0) is 13.0 Å². The largest absolute Gasteiger partial charge is 0.389 e. The first-order valence-electron chi connectivity index (χ1n) is 6.13. The van der Waals surface area contributed by atoms with Crippen molar-refractivity contribution in [3.05, 3.63) is 53.5 Å². The highest BCUT2D eigenvalue weighted by atomic mass is 32.1. The molecule has 3 N–H and O–H groups in total. The lowest BCUT2D eigenvalue weighted by molar-refractivity contribution is 0.964. The van der Waals surface area contributed by atoms with Gasteiger partial charge in [-0.1, -0.05) is 25.2 Å². The smallest absolute Gasteiger partial charge is 0.136 e. The van der Waals surface area contributed by atoms with Crippen LogP contribution in [-0.4, -0.2) is 15.0 Å². The van der Waals surface area contributed by atoms with Gasteiger partial charge in [-0.05, 0) is 30.2 Å². The fourth-order valence-corrected chi connectivity index (χ4v) is 2.03. The van der Waals surface area contributed by atoms with Crippen molar-refractivity contribution in [1.82, 2.24) is 9.97 Å². The van der Waals surface area contributed by atoms with E-state index < -0.39 is 0 Å². The molecule has 2 aromatic heterocycles. The molecule has 5 heteroatoms. The summed E-state index contributed by atoms with van der Waals surface area (Å²) in [5.74, 6) is 0.697. The minimum atomic E-state index is 0.340. The number of nitrogens with one attached hydrogen (secondary N) is 1. The minimum Gasteiger partial charge on any atom is -0.389 e. The lowest BCUT2D eigenvalue weighted by Gasteiger charge is -2.11. The number of anilines is 1. The van der Waals surface area contributed by atoms with Gasteiger partial charge >= 0.3 is 0 Å². The number of hydrogen-bond donors (Lipinski definition) is 2. The predicted octanol–water partition coefficient (Wildman–Crippen LogP) is 2.29. The Hall–Kier alpha value is -2.01. The highest BCUT2D eigenvalue weighted by molar-refractivity contribution is 7.80. The Balaban J connectivity index is 2.17. The summed E-state index contributed by atoms with van der Waals surface area (Å²) >= 11 is 5.01. The van der Waals surface area contributed by atoms with E-state index in [0.717, 1.165) is 17.7 Å². The fourth-order valence-electron chi connectivity index (χ4n) is 1.86. The van der Waals surface area contributed by atoms with Crippen LogP contribution < -0.4 is 11.1 Å². The van der Waals surface area contributed by atoms with Gasteiger partial charge in [-0.3, -0.25) is 4.98 Å². The maximum Gasteiger partial charge on any atom is 0.136 e. The number of nitrogens with zero attached hydrogens (tertiary/aromatic N) is 2. The molecule has 0 aliphatic carbocycles. The van der Waals surface area contributed by atoms with Gasteiger partial charge in [0.2, 0.25) is 0 Å². The summed E-state index contributed by atoms with van der Waals surface area (Å²) < 4.78 is 0. The monoisotopic (exact) mass is 272 g/mol. The molecule has 0 radical (unpaired) electrons. The zero-order chi connectivity index (χ0) is 13.7. The molecule has 0 bridgehead atoms. The van der Waals surface area contributed by atoms with Crippen LogP contribution >= 0.6 is 12.2 Å². The molecule has 98 valence electrons. The van der Waals surface area contributed by atoms with E-state index in [-0.39, 0.29) is 0 Å². The van der Waals surface area contributed by atoms with E-state index in [4.69, 9.17) is 18.0 Å². The van der Waals surface area contributed by atoms with Crippen molar-refractivity contribution >= 4 is 23.0 Å². The summed E-state index contributed by atoms with van der Waals surface area (Å²) in [4.78, 5) is 8.99. The number of aryl methyl sites for hydroxylation is 1. The Morgan fingerprint density at radius 2 is 2.00 bits per heavy atom. The number of hydrogen-bond acceptors (Lipinski definition) is 4. The Bertz CT molecular complexity index is 583. The SMILES string of the molecule is CCc1cccnc1CNc1ncccc1C(N)=S.